The lowest BCUT2D eigenvalue weighted by Gasteiger charge is -2.17. The molecule has 0 spiro atoms. The van der Waals surface area contributed by atoms with Gasteiger partial charge in [0.05, 0.1) is 18.3 Å². The summed E-state index contributed by atoms with van der Waals surface area (Å²) in [5.41, 5.74) is 1.50. The summed E-state index contributed by atoms with van der Waals surface area (Å²) in [6.45, 7) is 0. The van der Waals surface area contributed by atoms with Crippen molar-refractivity contribution in [2.45, 2.75) is 12.5 Å². The lowest BCUT2D eigenvalue weighted by atomic mass is 10.1. The zero-order chi connectivity index (χ0) is 14.0. The Kier molecular flexibility index (Phi) is 3.59. The Labute approximate surface area is 110 Å². The second kappa shape index (κ2) is 5.02. The van der Waals surface area contributed by atoms with E-state index in [1.165, 1.54) is 0 Å². The van der Waals surface area contributed by atoms with Crippen molar-refractivity contribution in [1.29, 1.82) is 0 Å². The van der Waals surface area contributed by atoms with Crippen molar-refractivity contribution in [3.63, 3.8) is 0 Å². The van der Waals surface area contributed by atoms with Gasteiger partial charge in [0.2, 0.25) is 10.0 Å². The predicted molar refractivity (Wildman–Crippen MR) is 68.8 cm³/mol. The van der Waals surface area contributed by atoms with Crippen molar-refractivity contribution in [2.75, 3.05) is 6.26 Å². The number of rotatable bonds is 5. The molecule has 1 atom stereocenters. The summed E-state index contributed by atoms with van der Waals surface area (Å²) in [4.78, 5) is 14.0. The van der Waals surface area contributed by atoms with Crippen LogP contribution in [-0.4, -0.2) is 31.7 Å². The summed E-state index contributed by atoms with van der Waals surface area (Å²) in [7, 11) is -3.60. The first kappa shape index (κ1) is 13.6. The molecule has 0 amide bonds. The number of hydrogen-bond acceptors (Lipinski definition) is 4. The number of sulfonamides is 1. The third-order valence-electron chi connectivity index (χ3n) is 2.65. The minimum Gasteiger partial charge on any atom is -0.548 e. The first-order valence-corrected chi connectivity index (χ1v) is 7.49. The van der Waals surface area contributed by atoms with Crippen molar-refractivity contribution >= 4 is 26.9 Å². The Morgan fingerprint density at radius 1 is 1.42 bits per heavy atom. The summed E-state index contributed by atoms with van der Waals surface area (Å²) >= 11 is 0. The Bertz CT molecular complexity index is 672. The molecule has 0 fully saturated rings. The van der Waals surface area contributed by atoms with Crippen LogP contribution in [0.5, 0.6) is 0 Å². The number of para-hydroxylation sites is 1. The fourth-order valence-electron chi connectivity index (χ4n) is 1.89. The molecule has 0 saturated carbocycles. The standard InChI is InChI=1S/C12H14N2O4S/c1-19(17,18)14-11(12(15)16)7-9-6-8-4-2-3-5-10(8)13-9/h2-6,11,13-14H,7H2,1H3,(H,15,16)/p-1/t11-/m1/s1. The Morgan fingerprint density at radius 3 is 2.68 bits per heavy atom. The average Bonchev–Trinajstić information content (AvgIpc) is 2.68. The van der Waals surface area contributed by atoms with E-state index in [0.29, 0.717) is 5.69 Å². The van der Waals surface area contributed by atoms with Gasteiger partial charge < -0.3 is 14.9 Å². The topological polar surface area (TPSA) is 102 Å². The number of carbonyl (C=O) groups is 1. The number of fused-ring (bicyclic) bond motifs is 1. The SMILES string of the molecule is CS(=O)(=O)N[C@H](Cc1cc2ccccc2[nH]1)C(=O)[O-]. The van der Waals surface area contributed by atoms with Crippen molar-refractivity contribution in [3.05, 3.63) is 36.0 Å². The largest absolute Gasteiger partial charge is 0.548 e. The van der Waals surface area contributed by atoms with E-state index in [0.717, 1.165) is 17.2 Å². The Morgan fingerprint density at radius 2 is 2.11 bits per heavy atom. The molecule has 2 rings (SSSR count). The second-order valence-electron chi connectivity index (χ2n) is 4.35. The maximum Gasteiger partial charge on any atom is 0.209 e. The number of benzene rings is 1. The summed E-state index contributed by atoms with van der Waals surface area (Å²) < 4.78 is 24.2. The molecule has 0 radical (unpaired) electrons. The number of aliphatic carboxylic acids is 1. The van der Waals surface area contributed by atoms with E-state index in [-0.39, 0.29) is 6.42 Å². The highest BCUT2D eigenvalue weighted by molar-refractivity contribution is 7.88. The molecule has 102 valence electrons. The van der Waals surface area contributed by atoms with Gasteiger partial charge in [-0.05, 0) is 17.5 Å². The van der Waals surface area contributed by atoms with Crippen LogP contribution in [0.3, 0.4) is 0 Å². The number of hydrogen-bond donors (Lipinski definition) is 2. The number of H-pyrrole nitrogens is 1. The molecule has 19 heavy (non-hydrogen) atoms. The van der Waals surface area contributed by atoms with Gasteiger partial charge in [-0.25, -0.2) is 13.1 Å². The maximum atomic E-state index is 11.1. The molecular formula is C12H13N2O4S-. The van der Waals surface area contributed by atoms with Gasteiger partial charge in [0.1, 0.15) is 0 Å². The number of nitrogens with one attached hydrogen (secondary N) is 2. The van der Waals surface area contributed by atoms with Crippen molar-refractivity contribution in [1.82, 2.24) is 9.71 Å². The molecule has 2 aromatic rings. The minimum atomic E-state index is -3.60. The van der Waals surface area contributed by atoms with Gasteiger partial charge in [-0.1, -0.05) is 18.2 Å². The van der Waals surface area contributed by atoms with E-state index in [2.05, 4.69) is 4.98 Å². The second-order valence-corrected chi connectivity index (χ2v) is 6.13. The van der Waals surface area contributed by atoms with Crippen LogP contribution in [0.4, 0.5) is 0 Å². The highest BCUT2D eigenvalue weighted by Gasteiger charge is 2.16. The predicted octanol–water partition coefficient (Wildman–Crippen LogP) is -0.622. The van der Waals surface area contributed by atoms with Gasteiger partial charge in [-0.2, -0.15) is 0 Å². The zero-order valence-electron chi connectivity index (χ0n) is 10.2. The monoisotopic (exact) mass is 281 g/mol. The summed E-state index contributed by atoms with van der Waals surface area (Å²) in [6, 6.07) is 7.96. The van der Waals surface area contributed by atoms with Crippen LogP contribution in [-0.2, 0) is 21.2 Å². The molecule has 1 heterocycles. The number of aromatic amines is 1. The van der Waals surface area contributed by atoms with Crippen LogP contribution in [0.2, 0.25) is 0 Å². The van der Waals surface area contributed by atoms with Crippen molar-refractivity contribution in [2.24, 2.45) is 0 Å². The normalized spacial score (nSPS) is 13.5. The maximum absolute atomic E-state index is 11.1. The number of carbonyl (C=O) groups excluding carboxylic acids is 1. The molecule has 0 saturated heterocycles. The van der Waals surface area contributed by atoms with E-state index in [1.54, 1.807) is 6.07 Å². The Balaban J connectivity index is 2.23. The number of aromatic nitrogens is 1. The van der Waals surface area contributed by atoms with E-state index in [9.17, 15) is 18.3 Å². The zero-order valence-corrected chi connectivity index (χ0v) is 11.0. The fourth-order valence-corrected chi connectivity index (χ4v) is 2.59. The third kappa shape index (κ3) is 3.55. The first-order valence-electron chi connectivity index (χ1n) is 5.60. The molecule has 7 heteroatoms. The van der Waals surface area contributed by atoms with Gasteiger partial charge in [-0.3, -0.25) is 0 Å². The van der Waals surface area contributed by atoms with Crippen LogP contribution in [0.15, 0.2) is 30.3 Å². The summed E-state index contributed by atoms with van der Waals surface area (Å²) in [6.07, 6.45) is 0.915. The fraction of sp³-hybridized carbons (Fsp3) is 0.250. The molecule has 0 aliphatic rings. The molecule has 0 unspecified atom stereocenters. The van der Waals surface area contributed by atoms with E-state index in [1.807, 2.05) is 29.0 Å². The molecule has 6 nitrogen and oxygen atoms in total. The lowest BCUT2D eigenvalue weighted by molar-refractivity contribution is -0.307. The van der Waals surface area contributed by atoms with Crippen LogP contribution in [0.25, 0.3) is 10.9 Å². The quantitative estimate of drug-likeness (QED) is 0.762. The molecule has 1 aromatic carbocycles. The van der Waals surface area contributed by atoms with Crippen LogP contribution < -0.4 is 9.83 Å². The first-order chi connectivity index (χ1) is 8.85. The number of carboxylic acid groups (broad SMARTS) is 1. The highest BCUT2D eigenvalue weighted by atomic mass is 32.2. The van der Waals surface area contributed by atoms with Gasteiger partial charge in [0.25, 0.3) is 0 Å². The molecular weight excluding hydrogens is 268 g/mol. The van der Waals surface area contributed by atoms with Crippen LogP contribution in [0.1, 0.15) is 5.69 Å². The van der Waals surface area contributed by atoms with E-state index < -0.39 is 22.0 Å². The van der Waals surface area contributed by atoms with Gasteiger partial charge in [-0.15, -0.1) is 0 Å². The van der Waals surface area contributed by atoms with Crippen molar-refractivity contribution in [3.8, 4) is 0 Å². The average molecular weight is 281 g/mol. The molecule has 0 aliphatic carbocycles. The molecule has 0 aliphatic heterocycles. The molecule has 2 N–H and O–H groups in total. The summed E-state index contributed by atoms with van der Waals surface area (Å²) in [5, 5.41) is 11.9. The third-order valence-corrected chi connectivity index (χ3v) is 3.36. The van der Waals surface area contributed by atoms with Crippen LogP contribution >= 0.6 is 0 Å². The van der Waals surface area contributed by atoms with Crippen molar-refractivity contribution < 1.29 is 18.3 Å². The highest BCUT2D eigenvalue weighted by Crippen LogP contribution is 2.15. The Hall–Kier alpha value is -1.86. The molecule has 0 bridgehead atoms. The van der Waals surface area contributed by atoms with E-state index in [4.69, 9.17) is 0 Å². The van der Waals surface area contributed by atoms with E-state index >= 15 is 0 Å². The van der Waals surface area contributed by atoms with Gasteiger partial charge >= 0.3 is 0 Å². The van der Waals surface area contributed by atoms with Gasteiger partial charge in [0, 0.05) is 17.6 Å². The smallest absolute Gasteiger partial charge is 0.209 e. The number of carboxylic acids is 1. The van der Waals surface area contributed by atoms with Gasteiger partial charge in [0.15, 0.2) is 0 Å². The molecule has 1 aromatic heterocycles. The summed E-state index contributed by atoms with van der Waals surface area (Å²) in [5.74, 6) is -1.45. The lowest BCUT2D eigenvalue weighted by Crippen LogP contribution is -2.48. The minimum absolute atomic E-state index is 0.00405. The van der Waals surface area contributed by atoms with Crippen LogP contribution in [0, 0.1) is 0 Å².